The summed E-state index contributed by atoms with van der Waals surface area (Å²) in [6, 6.07) is 18.4. The zero-order chi connectivity index (χ0) is 19.5. The number of hydrogen-bond donors (Lipinski definition) is 0. The van der Waals surface area contributed by atoms with Crippen LogP contribution in [0.5, 0.6) is 0 Å². The minimum atomic E-state index is -0.647. The van der Waals surface area contributed by atoms with Crippen LogP contribution in [-0.2, 0) is 9.53 Å². The molecule has 5 atom stereocenters. The molecule has 2 aromatic carbocycles. The third kappa shape index (κ3) is 2.82. The largest absolute Gasteiger partial charge is 0.329 e. The van der Waals surface area contributed by atoms with Gasteiger partial charge in [-0.25, -0.2) is 0 Å². The van der Waals surface area contributed by atoms with E-state index in [1.165, 1.54) is 5.56 Å². The molecule has 4 saturated heterocycles. The fourth-order valence-electron chi connectivity index (χ4n) is 4.43. The normalized spacial score (nSPS) is 34.1. The van der Waals surface area contributed by atoms with Crippen molar-refractivity contribution < 1.29 is 9.53 Å². The van der Waals surface area contributed by atoms with Gasteiger partial charge in [0, 0.05) is 22.1 Å². The van der Waals surface area contributed by atoms with E-state index in [-0.39, 0.29) is 29.2 Å². The molecule has 4 aliphatic rings. The summed E-state index contributed by atoms with van der Waals surface area (Å²) in [4.78, 5) is 15.9. The number of carbonyl (C=O) groups excluding carboxylic acids is 1. The minimum absolute atomic E-state index is 0.0813. The molecule has 0 aromatic heterocycles. The van der Waals surface area contributed by atoms with E-state index in [0.29, 0.717) is 10.9 Å². The smallest absolute Gasteiger partial charge is 0.243 e. The predicted octanol–water partition coefficient (Wildman–Crippen LogP) is 5.73. The molecule has 4 fully saturated rings. The molecule has 3 nitrogen and oxygen atoms in total. The van der Waals surface area contributed by atoms with E-state index < -0.39 is 4.39 Å². The molecule has 2 aromatic rings. The third-order valence-corrected chi connectivity index (χ3v) is 9.36. The van der Waals surface area contributed by atoms with Crippen LogP contribution in [0.2, 0.25) is 5.02 Å². The second-order valence-corrected chi connectivity index (χ2v) is 11.1. The van der Waals surface area contributed by atoms with Crippen molar-refractivity contribution in [3.8, 4) is 0 Å². The Morgan fingerprint density at radius 3 is 2.50 bits per heavy atom. The fraction of sp³-hybridized carbons (Fsp3) is 0.409. The molecule has 28 heavy (non-hydrogen) atoms. The molecule has 4 aliphatic heterocycles. The molecule has 4 heterocycles. The molecule has 0 aliphatic carbocycles. The first-order valence-electron chi connectivity index (χ1n) is 9.63. The van der Waals surface area contributed by atoms with E-state index in [9.17, 15) is 4.79 Å². The van der Waals surface area contributed by atoms with Gasteiger partial charge in [0.05, 0.1) is 5.92 Å². The highest BCUT2D eigenvalue weighted by molar-refractivity contribution is 8.18. The Bertz CT molecular complexity index is 891. The number of hydrogen-bond acceptors (Lipinski definition) is 4. The lowest BCUT2D eigenvalue weighted by Gasteiger charge is -2.56. The molecular weight excluding hydrogens is 410 g/mol. The first kappa shape index (κ1) is 18.9. The van der Waals surface area contributed by atoms with Gasteiger partial charge in [0.25, 0.3) is 0 Å². The maximum atomic E-state index is 13.8. The van der Waals surface area contributed by atoms with Crippen LogP contribution in [0.15, 0.2) is 54.6 Å². The topological polar surface area (TPSA) is 29.5 Å². The van der Waals surface area contributed by atoms with Gasteiger partial charge in [0.2, 0.25) is 10.3 Å². The van der Waals surface area contributed by atoms with E-state index >= 15 is 0 Å². The van der Waals surface area contributed by atoms with Gasteiger partial charge in [-0.3, -0.25) is 9.69 Å². The van der Waals surface area contributed by atoms with E-state index in [1.807, 2.05) is 35.2 Å². The van der Waals surface area contributed by atoms with Crippen LogP contribution in [0.3, 0.4) is 0 Å². The van der Waals surface area contributed by atoms with E-state index in [1.54, 1.807) is 23.5 Å². The van der Waals surface area contributed by atoms with Crippen molar-refractivity contribution >= 4 is 41.0 Å². The number of amides is 1. The van der Waals surface area contributed by atoms with Crippen LogP contribution >= 0.6 is 35.1 Å². The zero-order valence-corrected chi connectivity index (χ0v) is 18.1. The van der Waals surface area contributed by atoms with Gasteiger partial charge in [0.15, 0.2) is 0 Å². The molecule has 1 amide bonds. The summed E-state index contributed by atoms with van der Waals surface area (Å²) >= 11 is 9.67. The predicted molar refractivity (Wildman–Crippen MR) is 116 cm³/mol. The van der Waals surface area contributed by atoms with Gasteiger partial charge in [-0.2, -0.15) is 0 Å². The summed E-state index contributed by atoms with van der Waals surface area (Å²) in [5, 5.41) is 0.776. The van der Waals surface area contributed by atoms with Crippen LogP contribution in [-0.4, -0.2) is 27.0 Å². The standard InChI is InChI=1S/C22H22ClNO2S2/c1-13(2)17-12-27-22-24(17)21(25)18(20(28-22)15-6-4-3-5-7-15)19(26-22)14-8-10-16(23)11-9-14/h3-11,13,17-20H,12H2,1-2H3/t17-,18+,19-,20+,22-/m1/s1. The van der Waals surface area contributed by atoms with E-state index in [4.69, 9.17) is 16.3 Å². The number of rotatable bonds is 3. The zero-order valence-electron chi connectivity index (χ0n) is 15.7. The number of ether oxygens (including phenoxy) is 1. The molecule has 6 heteroatoms. The lowest BCUT2D eigenvalue weighted by molar-refractivity contribution is -0.189. The molecule has 6 rings (SSSR count). The van der Waals surface area contributed by atoms with Crippen molar-refractivity contribution in [1.82, 2.24) is 4.90 Å². The van der Waals surface area contributed by atoms with Gasteiger partial charge < -0.3 is 4.74 Å². The molecule has 0 radical (unpaired) electrons. The molecule has 2 bridgehead atoms. The van der Waals surface area contributed by atoms with E-state index in [2.05, 4.69) is 38.1 Å². The molecule has 0 N–H and O–H groups in total. The van der Waals surface area contributed by atoms with Crippen LogP contribution in [0, 0.1) is 11.8 Å². The quantitative estimate of drug-likeness (QED) is 0.620. The minimum Gasteiger partial charge on any atom is -0.329 e. The Labute approximate surface area is 179 Å². The number of thioether (sulfide) groups is 2. The summed E-state index contributed by atoms with van der Waals surface area (Å²) in [5.41, 5.74) is 2.22. The summed E-state index contributed by atoms with van der Waals surface area (Å²) < 4.78 is 6.07. The monoisotopic (exact) mass is 431 g/mol. The lowest BCUT2D eigenvalue weighted by Crippen LogP contribution is -2.63. The van der Waals surface area contributed by atoms with Gasteiger partial charge >= 0.3 is 0 Å². The average molecular weight is 432 g/mol. The first-order valence-corrected chi connectivity index (χ1v) is 11.9. The van der Waals surface area contributed by atoms with Crippen molar-refractivity contribution in [1.29, 1.82) is 0 Å². The van der Waals surface area contributed by atoms with Crippen LogP contribution < -0.4 is 0 Å². The highest BCUT2D eigenvalue weighted by Crippen LogP contribution is 2.68. The van der Waals surface area contributed by atoms with Crippen molar-refractivity contribution in [3.05, 3.63) is 70.7 Å². The summed E-state index contributed by atoms with van der Waals surface area (Å²) in [5.74, 6) is 1.30. The fourth-order valence-corrected chi connectivity index (χ4v) is 8.31. The van der Waals surface area contributed by atoms with Gasteiger partial charge in [-0.1, -0.05) is 91.4 Å². The average Bonchev–Trinajstić information content (AvgIpc) is 3.09. The third-order valence-electron chi connectivity index (χ3n) is 5.89. The van der Waals surface area contributed by atoms with Crippen molar-refractivity contribution in [2.75, 3.05) is 5.75 Å². The number of nitrogens with zero attached hydrogens (tertiary/aromatic N) is 1. The second kappa shape index (κ2) is 6.98. The second-order valence-electron chi connectivity index (χ2n) is 7.92. The Hall–Kier alpha value is -1.14. The lowest BCUT2D eigenvalue weighted by atomic mass is 9.85. The highest BCUT2D eigenvalue weighted by Gasteiger charge is 2.66. The maximum Gasteiger partial charge on any atom is 0.243 e. The van der Waals surface area contributed by atoms with Crippen molar-refractivity contribution in [3.63, 3.8) is 0 Å². The van der Waals surface area contributed by atoms with Crippen LogP contribution in [0.25, 0.3) is 0 Å². The highest BCUT2D eigenvalue weighted by atomic mass is 35.5. The molecule has 0 unspecified atom stereocenters. The summed E-state index contributed by atoms with van der Waals surface area (Å²) in [7, 11) is 0. The molecule has 1 spiro atoms. The molecule has 146 valence electrons. The van der Waals surface area contributed by atoms with Crippen molar-refractivity contribution in [2.24, 2.45) is 11.8 Å². The SMILES string of the molecule is CC(C)[C@H]1CS[C@]23O[C@H](c4ccc(Cl)cc4)[C@H](C(=O)N12)[C@H](c1ccccc1)S3. The van der Waals surface area contributed by atoms with Gasteiger partial charge in [-0.05, 0) is 29.2 Å². The maximum absolute atomic E-state index is 13.8. The van der Waals surface area contributed by atoms with Gasteiger partial charge in [-0.15, -0.1) is 0 Å². The first-order chi connectivity index (χ1) is 13.5. The Morgan fingerprint density at radius 1 is 1.11 bits per heavy atom. The number of fused-ring (bicyclic) bond motifs is 2. The molecular formula is C22H22ClNO2S2. The van der Waals surface area contributed by atoms with Crippen LogP contribution in [0.4, 0.5) is 0 Å². The Kier molecular flexibility index (Phi) is 4.70. The summed E-state index contributed by atoms with van der Waals surface area (Å²) in [6.45, 7) is 4.38. The molecule has 0 saturated carbocycles. The summed E-state index contributed by atoms with van der Waals surface area (Å²) in [6.07, 6.45) is -0.258. The van der Waals surface area contributed by atoms with Crippen molar-refractivity contribution in [2.45, 2.75) is 35.6 Å². The van der Waals surface area contributed by atoms with E-state index in [0.717, 1.165) is 11.3 Å². The number of halogens is 1. The Morgan fingerprint density at radius 2 is 1.82 bits per heavy atom. The number of carbonyl (C=O) groups is 1. The van der Waals surface area contributed by atoms with Gasteiger partial charge in [0.1, 0.15) is 6.10 Å². The Balaban J connectivity index is 1.61. The number of benzene rings is 2. The van der Waals surface area contributed by atoms with Crippen LogP contribution in [0.1, 0.15) is 36.3 Å².